The van der Waals surface area contributed by atoms with Gasteiger partial charge in [0.2, 0.25) is 0 Å². The smallest absolute Gasteiger partial charge is 0.306 e. The van der Waals surface area contributed by atoms with E-state index in [0.29, 0.717) is 12.8 Å². The van der Waals surface area contributed by atoms with Gasteiger partial charge in [0.25, 0.3) is 0 Å². The van der Waals surface area contributed by atoms with Gasteiger partial charge in [0.1, 0.15) is 0 Å². The second kappa shape index (κ2) is 2.72. The Kier molecular flexibility index (Phi) is 1.78. The fraction of sp³-hybridized carbons (Fsp3) is 0.778. The highest BCUT2D eigenvalue weighted by Crippen LogP contribution is 2.51. The number of hydrogen-bond donors (Lipinski definition) is 2. The maximum absolute atomic E-state index is 10.7. The van der Waals surface area contributed by atoms with Crippen LogP contribution in [0, 0.1) is 23.7 Å². The van der Waals surface area contributed by atoms with Crippen LogP contribution in [-0.2, 0) is 9.59 Å². The number of rotatable bonds is 2. The molecule has 13 heavy (non-hydrogen) atoms. The van der Waals surface area contributed by atoms with Crippen molar-refractivity contribution in [1.82, 2.24) is 0 Å². The second-order valence-electron chi connectivity index (χ2n) is 4.12. The highest BCUT2D eigenvalue weighted by Gasteiger charge is 2.50. The van der Waals surface area contributed by atoms with E-state index in [4.69, 9.17) is 10.2 Å². The Bertz CT molecular complexity index is 234. The Morgan fingerprint density at radius 1 is 0.846 bits per heavy atom. The van der Waals surface area contributed by atoms with Crippen LogP contribution in [0.4, 0.5) is 0 Å². The Labute approximate surface area is 75.6 Å². The van der Waals surface area contributed by atoms with E-state index in [9.17, 15) is 9.59 Å². The van der Waals surface area contributed by atoms with Gasteiger partial charge in [-0.1, -0.05) is 0 Å². The number of carboxylic acid groups (broad SMARTS) is 2. The van der Waals surface area contributed by atoms with Gasteiger partial charge in [0.05, 0.1) is 11.8 Å². The Hall–Kier alpha value is -1.06. The van der Waals surface area contributed by atoms with Crippen LogP contribution in [0.2, 0.25) is 0 Å². The highest BCUT2D eigenvalue weighted by molar-refractivity contribution is 5.74. The first kappa shape index (κ1) is 8.53. The summed E-state index contributed by atoms with van der Waals surface area (Å²) < 4.78 is 0. The number of fused-ring (bicyclic) bond motifs is 2. The van der Waals surface area contributed by atoms with Crippen molar-refractivity contribution in [2.24, 2.45) is 23.7 Å². The first-order valence-corrected chi connectivity index (χ1v) is 4.55. The fourth-order valence-corrected chi connectivity index (χ4v) is 2.88. The van der Waals surface area contributed by atoms with E-state index >= 15 is 0 Å². The molecule has 2 fully saturated rings. The summed E-state index contributed by atoms with van der Waals surface area (Å²) in [6.45, 7) is 0. The molecule has 0 amide bonds. The molecule has 0 aromatic rings. The third-order valence-corrected chi connectivity index (χ3v) is 3.49. The van der Waals surface area contributed by atoms with Crippen LogP contribution >= 0.6 is 0 Å². The Morgan fingerprint density at radius 2 is 1.23 bits per heavy atom. The van der Waals surface area contributed by atoms with E-state index in [1.165, 1.54) is 0 Å². The van der Waals surface area contributed by atoms with Crippen molar-refractivity contribution in [2.75, 3.05) is 0 Å². The van der Waals surface area contributed by atoms with E-state index in [1.54, 1.807) is 0 Å². The second-order valence-corrected chi connectivity index (χ2v) is 4.12. The summed E-state index contributed by atoms with van der Waals surface area (Å²) in [4.78, 5) is 21.4. The van der Waals surface area contributed by atoms with E-state index in [1.807, 2.05) is 0 Å². The van der Waals surface area contributed by atoms with Crippen molar-refractivity contribution in [3.63, 3.8) is 0 Å². The maximum atomic E-state index is 10.7. The molecule has 0 aromatic heterocycles. The van der Waals surface area contributed by atoms with Gasteiger partial charge in [-0.25, -0.2) is 0 Å². The van der Waals surface area contributed by atoms with Gasteiger partial charge in [0, 0.05) is 0 Å². The summed E-state index contributed by atoms with van der Waals surface area (Å²) >= 11 is 0. The van der Waals surface area contributed by atoms with E-state index in [0.717, 1.165) is 6.42 Å². The van der Waals surface area contributed by atoms with Crippen molar-refractivity contribution in [2.45, 2.75) is 19.3 Å². The van der Waals surface area contributed by atoms with Crippen LogP contribution in [0.5, 0.6) is 0 Å². The normalized spacial score (nSPS) is 42.2. The molecule has 0 saturated heterocycles. The summed E-state index contributed by atoms with van der Waals surface area (Å²) in [6.07, 6.45) is 1.93. The number of carboxylic acids is 2. The summed E-state index contributed by atoms with van der Waals surface area (Å²) in [5, 5.41) is 17.6. The molecule has 0 heterocycles. The lowest BCUT2D eigenvalue weighted by Gasteiger charge is -2.22. The number of carbonyl (C=O) groups is 2. The monoisotopic (exact) mass is 184 g/mol. The minimum absolute atomic E-state index is 0.114. The molecule has 0 aliphatic heterocycles. The average molecular weight is 184 g/mol. The first-order chi connectivity index (χ1) is 6.09. The molecule has 2 N–H and O–H groups in total. The summed E-state index contributed by atoms with van der Waals surface area (Å²) in [6, 6.07) is 0. The van der Waals surface area contributed by atoms with Crippen LogP contribution in [0.15, 0.2) is 0 Å². The third kappa shape index (κ3) is 1.20. The van der Waals surface area contributed by atoms with Crippen molar-refractivity contribution in [3.05, 3.63) is 0 Å². The van der Waals surface area contributed by atoms with E-state index < -0.39 is 11.9 Å². The molecule has 0 aromatic carbocycles. The molecule has 2 aliphatic rings. The Morgan fingerprint density at radius 3 is 1.46 bits per heavy atom. The first-order valence-electron chi connectivity index (χ1n) is 4.55. The average Bonchev–Trinajstić information content (AvgIpc) is 2.60. The van der Waals surface area contributed by atoms with Crippen molar-refractivity contribution >= 4 is 11.9 Å². The number of aliphatic carboxylic acids is 2. The van der Waals surface area contributed by atoms with E-state index in [2.05, 4.69) is 0 Å². The zero-order valence-electron chi connectivity index (χ0n) is 7.14. The summed E-state index contributed by atoms with van der Waals surface area (Å²) in [7, 11) is 0. The molecular formula is C9H12O4. The largest absolute Gasteiger partial charge is 0.481 e. The lowest BCUT2D eigenvalue weighted by atomic mass is 9.82. The SMILES string of the molecule is O=C(O)[C@@H]1CC2CC1C[C@H]2C(=O)O. The van der Waals surface area contributed by atoms with Gasteiger partial charge in [-0.3, -0.25) is 9.59 Å². The number of hydrogen-bond acceptors (Lipinski definition) is 2. The summed E-state index contributed by atoms with van der Waals surface area (Å²) in [5.41, 5.74) is 0. The van der Waals surface area contributed by atoms with E-state index in [-0.39, 0.29) is 23.7 Å². The molecule has 2 bridgehead atoms. The van der Waals surface area contributed by atoms with Gasteiger partial charge >= 0.3 is 11.9 Å². The lowest BCUT2D eigenvalue weighted by Crippen LogP contribution is -2.28. The minimum atomic E-state index is -0.753. The predicted molar refractivity (Wildman–Crippen MR) is 43.1 cm³/mol. The molecule has 2 saturated carbocycles. The molecule has 0 radical (unpaired) electrons. The summed E-state index contributed by atoms with van der Waals surface area (Å²) in [5.74, 6) is -1.83. The van der Waals surface area contributed by atoms with Gasteiger partial charge in [0.15, 0.2) is 0 Å². The van der Waals surface area contributed by atoms with Crippen LogP contribution in [0.1, 0.15) is 19.3 Å². The van der Waals surface area contributed by atoms with Crippen LogP contribution in [0.25, 0.3) is 0 Å². The van der Waals surface area contributed by atoms with Crippen molar-refractivity contribution in [1.29, 1.82) is 0 Å². The molecular weight excluding hydrogens is 172 g/mol. The molecule has 72 valence electrons. The van der Waals surface area contributed by atoms with Gasteiger partial charge in [-0.15, -0.1) is 0 Å². The standard InChI is InChI=1S/C9H12O4/c10-8(11)6-2-4-1-5(6)3-7(4)9(12)13/h4-7H,1-3H2,(H,10,11)(H,12,13)/t4?,5?,6-,7-/m1/s1. The molecule has 2 unspecified atom stereocenters. The maximum Gasteiger partial charge on any atom is 0.306 e. The van der Waals surface area contributed by atoms with Crippen LogP contribution in [-0.4, -0.2) is 22.2 Å². The molecule has 4 nitrogen and oxygen atoms in total. The minimum Gasteiger partial charge on any atom is -0.481 e. The van der Waals surface area contributed by atoms with Crippen molar-refractivity contribution in [3.8, 4) is 0 Å². The van der Waals surface area contributed by atoms with Crippen LogP contribution < -0.4 is 0 Å². The highest BCUT2D eigenvalue weighted by atomic mass is 16.4. The molecule has 0 spiro atoms. The van der Waals surface area contributed by atoms with Crippen LogP contribution in [0.3, 0.4) is 0 Å². The lowest BCUT2D eigenvalue weighted by molar-refractivity contribution is -0.148. The molecule has 2 aliphatic carbocycles. The zero-order chi connectivity index (χ0) is 9.59. The predicted octanol–water partition coefficient (Wildman–Crippen LogP) is 0.818. The molecule has 4 atom stereocenters. The third-order valence-electron chi connectivity index (χ3n) is 3.49. The van der Waals surface area contributed by atoms with Gasteiger partial charge in [-0.05, 0) is 31.1 Å². The molecule has 4 heteroatoms. The molecule has 2 rings (SSSR count). The van der Waals surface area contributed by atoms with Crippen molar-refractivity contribution < 1.29 is 19.8 Å². The van der Waals surface area contributed by atoms with Gasteiger partial charge < -0.3 is 10.2 Å². The quantitative estimate of drug-likeness (QED) is 0.666. The zero-order valence-corrected chi connectivity index (χ0v) is 7.14. The van der Waals surface area contributed by atoms with Gasteiger partial charge in [-0.2, -0.15) is 0 Å². The Balaban J connectivity index is 2.07. The fourth-order valence-electron chi connectivity index (χ4n) is 2.88. The topological polar surface area (TPSA) is 74.6 Å².